The lowest BCUT2D eigenvalue weighted by Gasteiger charge is -2.18. The van der Waals surface area contributed by atoms with Crippen LogP contribution >= 0.6 is 0 Å². The molecule has 1 nitrogen and oxygen atoms in total. The van der Waals surface area contributed by atoms with Crippen molar-refractivity contribution >= 4 is 0 Å². The predicted molar refractivity (Wildman–Crippen MR) is 78.7 cm³/mol. The number of nitrogens with two attached hydrogens (primary N) is 1. The van der Waals surface area contributed by atoms with E-state index in [-0.39, 0.29) is 0 Å². The van der Waals surface area contributed by atoms with Crippen molar-refractivity contribution < 1.29 is 0 Å². The average Bonchev–Trinajstić information content (AvgIpc) is 2.82. The summed E-state index contributed by atoms with van der Waals surface area (Å²) in [6.45, 7) is 2.27. The van der Waals surface area contributed by atoms with E-state index in [4.69, 9.17) is 5.73 Å². The molecule has 0 radical (unpaired) electrons. The molecule has 1 aromatic rings. The zero-order valence-corrected chi connectivity index (χ0v) is 11.7. The molecule has 100 valence electrons. The summed E-state index contributed by atoms with van der Waals surface area (Å²) < 4.78 is 0. The van der Waals surface area contributed by atoms with Crippen molar-refractivity contribution in [2.45, 2.75) is 64.3 Å². The zero-order chi connectivity index (χ0) is 12.8. The third kappa shape index (κ3) is 3.58. The molecular formula is C17H27N. The van der Waals surface area contributed by atoms with Crippen LogP contribution in [-0.2, 0) is 12.8 Å². The van der Waals surface area contributed by atoms with Crippen LogP contribution in [-0.4, -0.2) is 6.04 Å². The van der Waals surface area contributed by atoms with E-state index in [1.807, 2.05) is 0 Å². The van der Waals surface area contributed by atoms with Gasteiger partial charge in [-0.15, -0.1) is 0 Å². The highest BCUT2D eigenvalue weighted by molar-refractivity contribution is 5.32. The molecular weight excluding hydrogens is 218 g/mol. The SMILES string of the molecule is CCCCCCCC(N)C1Cc2ccccc2C1. The van der Waals surface area contributed by atoms with Crippen LogP contribution in [0.15, 0.2) is 24.3 Å². The largest absolute Gasteiger partial charge is 0.327 e. The average molecular weight is 245 g/mol. The Bertz CT molecular complexity index is 333. The van der Waals surface area contributed by atoms with E-state index in [9.17, 15) is 0 Å². The lowest BCUT2D eigenvalue weighted by Crippen LogP contribution is -2.30. The second-order valence-electron chi connectivity index (χ2n) is 5.80. The standard InChI is InChI=1S/C17H27N/c1-2-3-4-5-6-11-17(18)16-12-14-9-7-8-10-15(14)13-16/h7-10,16-17H,2-6,11-13,18H2,1H3. The van der Waals surface area contributed by atoms with Gasteiger partial charge in [-0.1, -0.05) is 63.3 Å². The van der Waals surface area contributed by atoms with E-state index in [1.54, 1.807) is 0 Å². The van der Waals surface area contributed by atoms with Gasteiger partial charge in [0.2, 0.25) is 0 Å². The number of hydrogen-bond donors (Lipinski definition) is 1. The quantitative estimate of drug-likeness (QED) is 0.719. The zero-order valence-electron chi connectivity index (χ0n) is 11.7. The van der Waals surface area contributed by atoms with Gasteiger partial charge in [-0.3, -0.25) is 0 Å². The van der Waals surface area contributed by atoms with E-state index >= 15 is 0 Å². The van der Waals surface area contributed by atoms with Gasteiger partial charge < -0.3 is 5.73 Å². The fourth-order valence-electron chi connectivity index (χ4n) is 3.11. The molecule has 1 unspecified atom stereocenters. The Balaban J connectivity index is 1.70. The van der Waals surface area contributed by atoms with Gasteiger partial charge in [-0.2, -0.15) is 0 Å². The molecule has 0 spiro atoms. The van der Waals surface area contributed by atoms with Gasteiger partial charge in [0.1, 0.15) is 0 Å². The number of benzene rings is 1. The van der Waals surface area contributed by atoms with Crippen LogP contribution in [0.4, 0.5) is 0 Å². The molecule has 0 saturated heterocycles. The minimum absolute atomic E-state index is 0.402. The van der Waals surface area contributed by atoms with Gasteiger partial charge in [0, 0.05) is 6.04 Å². The second kappa shape index (κ2) is 6.94. The van der Waals surface area contributed by atoms with E-state index in [0.717, 1.165) is 0 Å². The highest BCUT2D eigenvalue weighted by atomic mass is 14.7. The van der Waals surface area contributed by atoms with Crippen LogP contribution < -0.4 is 5.73 Å². The fraction of sp³-hybridized carbons (Fsp3) is 0.647. The van der Waals surface area contributed by atoms with Gasteiger partial charge in [0.25, 0.3) is 0 Å². The summed E-state index contributed by atoms with van der Waals surface area (Å²) in [4.78, 5) is 0. The van der Waals surface area contributed by atoms with E-state index in [1.165, 1.54) is 62.5 Å². The summed E-state index contributed by atoms with van der Waals surface area (Å²) in [5.74, 6) is 0.688. The monoisotopic (exact) mass is 245 g/mol. The summed E-state index contributed by atoms with van der Waals surface area (Å²) in [5.41, 5.74) is 9.44. The maximum atomic E-state index is 6.37. The topological polar surface area (TPSA) is 26.0 Å². The van der Waals surface area contributed by atoms with E-state index in [0.29, 0.717) is 12.0 Å². The first-order valence-electron chi connectivity index (χ1n) is 7.63. The summed E-state index contributed by atoms with van der Waals surface area (Å²) in [5, 5.41) is 0. The summed E-state index contributed by atoms with van der Waals surface area (Å²) >= 11 is 0. The van der Waals surface area contributed by atoms with Crippen LogP contribution in [0.1, 0.15) is 56.6 Å². The first kappa shape index (κ1) is 13.6. The maximum absolute atomic E-state index is 6.37. The molecule has 0 aromatic heterocycles. The Hall–Kier alpha value is -0.820. The van der Waals surface area contributed by atoms with Gasteiger partial charge >= 0.3 is 0 Å². The summed E-state index contributed by atoms with van der Waals surface area (Å²) in [6, 6.07) is 9.24. The molecule has 0 bridgehead atoms. The van der Waals surface area contributed by atoms with Gasteiger partial charge in [-0.05, 0) is 36.3 Å². The molecule has 1 aliphatic rings. The van der Waals surface area contributed by atoms with Crippen molar-refractivity contribution in [3.05, 3.63) is 35.4 Å². The molecule has 0 aliphatic heterocycles. The van der Waals surface area contributed by atoms with Crippen molar-refractivity contribution in [2.75, 3.05) is 0 Å². The lowest BCUT2D eigenvalue weighted by molar-refractivity contribution is 0.401. The molecule has 0 saturated carbocycles. The Labute approximate surface area is 112 Å². The van der Waals surface area contributed by atoms with Crippen molar-refractivity contribution in [2.24, 2.45) is 11.7 Å². The number of unbranched alkanes of at least 4 members (excludes halogenated alkanes) is 4. The van der Waals surface area contributed by atoms with Crippen molar-refractivity contribution in [1.29, 1.82) is 0 Å². The molecule has 2 rings (SSSR count). The molecule has 1 aliphatic carbocycles. The van der Waals surface area contributed by atoms with Crippen molar-refractivity contribution in [1.82, 2.24) is 0 Å². The van der Waals surface area contributed by atoms with Crippen LogP contribution in [0.2, 0.25) is 0 Å². The lowest BCUT2D eigenvalue weighted by atomic mass is 9.92. The summed E-state index contributed by atoms with van der Waals surface area (Å²) in [7, 11) is 0. The Morgan fingerprint density at radius 1 is 1.06 bits per heavy atom. The van der Waals surface area contributed by atoms with Gasteiger partial charge in [-0.25, -0.2) is 0 Å². The molecule has 1 atom stereocenters. The fourth-order valence-corrected chi connectivity index (χ4v) is 3.11. The Morgan fingerprint density at radius 3 is 2.28 bits per heavy atom. The minimum Gasteiger partial charge on any atom is -0.327 e. The van der Waals surface area contributed by atoms with Crippen LogP contribution in [0.3, 0.4) is 0 Å². The number of fused-ring (bicyclic) bond motifs is 1. The molecule has 0 fully saturated rings. The normalized spacial score (nSPS) is 16.8. The van der Waals surface area contributed by atoms with E-state index in [2.05, 4.69) is 31.2 Å². The van der Waals surface area contributed by atoms with Gasteiger partial charge in [0.05, 0.1) is 0 Å². The number of hydrogen-bond acceptors (Lipinski definition) is 1. The first-order valence-corrected chi connectivity index (χ1v) is 7.63. The highest BCUT2D eigenvalue weighted by Crippen LogP contribution is 2.29. The number of rotatable bonds is 7. The van der Waals surface area contributed by atoms with Crippen LogP contribution in [0, 0.1) is 5.92 Å². The van der Waals surface area contributed by atoms with Crippen LogP contribution in [0.25, 0.3) is 0 Å². The molecule has 1 heteroatoms. The molecule has 18 heavy (non-hydrogen) atoms. The van der Waals surface area contributed by atoms with Crippen molar-refractivity contribution in [3.63, 3.8) is 0 Å². The predicted octanol–water partition coefficient (Wildman–Crippen LogP) is 4.09. The second-order valence-corrected chi connectivity index (χ2v) is 5.80. The van der Waals surface area contributed by atoms with E-state index < -0.39 is 0 Å². The smallest absolute Gasteiger partial charge is 0.00735 e. The maximum Gasteiger partial charge on any atom is 0.00735 e. The molecule has 1 aromatic carbocycles. The first-order chi connectivity index (χ1) is 8.81. The van der Waals surface area contributed by atoms with Crippen molar-refractivity contribution in [3.8, 4) is 0 Å². The summed E-state index contributed by atoms with van der Waals surface area (Å²) in [6.07, 6.45) is 10.4. The molecule has 2 N–H and O–H groups in total. The Kier molecular flexibility index (Phi) is 5.25. The third-order valence-electron chi connectivity index (χ3n) is 4.33. The van der Waals surface area contributed by atoms with Gasteiger partial charge in [0.15, 0.2) is 0 Å². The minimum atomic E-state index is 0.402. The Morgan fingerprint density at radius 2 is 1.67 bits per heavy atom. The molecule has 0 heterocycles. The third-order valence-corrected chi connectivity index (χ3v) is 4.33. The van der Waals surface area contributed by atoms with Crippen LogP contribution in [0.5, 0.6) is 0 Å². The molecule has 0 amide bonds. The highest BCUT2D eigenvalue weighted by Gasteiger charge is 2.25.